The van der Waals surface area contributed by atoms with Crippen molar-refractivity contribution in [1.29, 1.82) is 0 Å². The molecule has 0 spiro atoms. The van der Waals surface area contributed by atoms with Crippen LogP contribution in [0.1, 0.15) is 36.8 Å². The first kappa shape index (κ1) is 24.0. The molecule has 4 aliphatic rings. The maximum atomic E-state index is 13.9. The van der Waals surface area contributed by atoms with Crippen LogP contribution in [-0.4, -0.2) is 71.4 Å². The van der Waals surface area contributed by atoms with Crippen molar-refractivity contribution in [2.24, 2.45) is 11.8 Å². The number of ether oxygens (including phenoxy) is 2. The molecule has 2 saturated heterocycles. The number of carbonyl (C=O) groups excluding carboxylic acids is 3. The van der Waals surface area contributed by atoms with Gasteiger partial charge in [0.15, 0.2) is 11.5 Å². The van der Waals surface area contributed by atoms with Gasteiger partial charge in [0, 0.05) is 39.1 Å². The number of nitrogens with zero attached hydrogens (tertiary/aromatic N) is 3. The molecule has 3 fully saturated rings. The van der Waals surface area contributed by atoms with Crippen molar-refractivity contribution < 1.29 is 23.9 Å². The first-order valence-corrected chi connectivity index (χ1v) is 13.4. The summed E-state index contributed by atoms with van der Waals surface area (Å²) in [5, 5.41) is 0. The van der Waals surface area contributed by atoms with Crippen LogP contribution in [0.3, 0.4) is 0 Å². The van der Waals surface area contributed by atoms with E-state index in [-0.39, 0.29) is 36.4 Å². The molecule has 3 amide bonds. The number of imide groups is 1. The second kappa shape index (κ2) is 10.2. The average Bonchev–Trinajstić information content (AvgIpc) is 3.50. The van der Waals surface area contributed by atoms with Crippen molar-refractivity contribution in [3.8, 4) is 11.5 Å². The van der Waals surface area contributed by atoms with Crippen LogP contribution >= 0.6 is 0 Å². The van der Waals surface area contributed by atoms with Gasteiger partial charge in [0.05, 0.1) is 11.8 Å². The first-order valence-electron chi connectivity index (χ1n) is 13.4. The number of hydrogen-bond acceptors (Lipinski definition) is 6. The van der Waals surface area contributed by atoms with Gasteiger partial charge in [-0.2, -0.15) is 0 Å². The molecule has 1 aliphatic carbocycles. The van der Waals surface area contributed by atoms with Crippen molar-refractivity contribution in [1.82, 2.24) is 14.7 Å². The number of piperazine rings is 1. The fourth-order valence-corrected chi connectivity index (χ4v) is 6.26. The van der Waals surface area contributed by atoms with Gasteiger partial charge in [-0.3, -0.25) is 24.2 Å². The second-order valence-corrected chi connectivity index (χ2v) is 10.5. The molecule has 1 saturated carbocycles. The predicted molar refractivity (Wildman–Crippen MR) is 136 cm³/mol. The number of fused-ring (bicyclic) bond motifs is 2. The topological polar surface area (TPSA) is 79.4 Å². The summed E-state index contributed by atoms with van der Waals surface area (Å²) in [4.78, 5) is 46.2. The number of rotatable bonds is 6. The molecular formula is C29H33N3O5. The zero-order chi connectivity index (χ0) is 25.4. The molecule has 8 heteroatoms. The van der Waals surface area contributed by atoms with Crippen LogP contribution in [0.4, 0.5) is 0 Å². The highest BCUT2D eigenvalue weighted by Crippen LogP contribution is 2.39. The van der Waals surface area contributed by atoms with E-state index < -0.39 is 6.04 Å². The number of benzene rings is 2. The molecule has 8 nitrogen and oxygen atoms in total. The third kappa shape index (κ3) is 4.70. The third-order valence-electron chi connectivity index (χ3n) is 8.27. The smallest absolute Gasteiger partial charge is 0.246 e. The summed E-state index contributed by atoms with van der Waals surface area (Å²) in [5.74, 6) is 0.615. The van der Waals surface area contributed by atoms with E-state index in [2.05, 4.69) is 4.90 Å². The number of hydrogen-bond donors (Lipinski definition) is 0. The molecule has 3 atom stereocenters. The molecular weight excluding hydrogens is 470 g/mol. The SMILES string of the molecule is O=C(C(Cc1ccccc1)N1C(=O)C2CCCCC2C1=O)N1CCN(Cc2ccc3c(c2)OCO3)CC1. The van der Waals surface area contributed by atoms with Crippen LogP contribution in [0.15, 0.2) is 48.5 Å². The van der Waals surface area contributed by atoms with Gasteiger partial charge in [-0.15, -0.1) is 0 Å². The number of likely N-dealkylation sites (tertiary alicyclic amines) is 1. The monoisotopic (exact) mass is 503 g/mol. The zero-order valence-electron chi connectivity index (χ0n) is 21.0. The Hall–Kier alpha value is -3.39. The molecule has 3 aliphatic heterocycles. The summed E-state index contributed by atoms with van der Waals surface area (Å²) in [6.45, 7) is 3.61. The van der Waals surface area contributed by atoms with Crippen LogP contribution in [0.5, 0.6) is 11.5 Å². The van der Waals surface area contributed by atoms with Gasteiger partial charge in [0.1, 0.15) is 6.04 Å². The fourth-order valence-electron chi connectivity index (χ4n) is 6.26. The molecule has 194 valence electrons. The second-order valence-electron chi connectivity index (χ2n) is 10.5. The molecule has 0 N–H and O–H groups in total. The Morgan fingerprint density at radius 3 is 2.22 bits per heavy atom. The van der Waals surface area contributed by atoms with Crippen LogP contribution in [0.25, 0.3) is 0 Å². The van der Waals surface area contributed by atoms with Crippen molar-refractivity contribution in [2.75, 3.05) is 33.0 Å². The van der Waals surface area contributed by atoms with Crippen molar-refractivity contribution >= 4 is 17.7 Å². The number of amides is 3. The van der Waals surface area contributed by atoms with Gasteiger partial charge in [0.25, 0.3) is 0 Å². The van der Waals surface area contributed by atoms with Crippen molar-refractivity contribution in [3.05, 3.63) is 59.7 Å². The van der Waals surface area contributed by atoms with E-state index in [4.69, 9.17) is 9.47 Å². The fraction of sp³-hybridized carbons (Fsp3) is 0.483. The summed E-state index contributed by atoms with van der Waals surface area (Å²) in [7, 11) is 0. The molecule has 3 heterocycles. The minimum Gasteiger partial charge on any atom is -0.454 e. The summed E-state index contributed by atoms with van der Waals surface area (Å²) >= 11 is 0. The summed E-state index contributed by atoms with van der Waals surface area (Å²) in [5.41, 5.74) is 2.10. The van der Waals surface area contributed by atoms with Gasteiger partial charge >= 0.3 is 0 Å². The normalized spacial score (nSPS) is 24.3. The Labute approximate surface area is 217 Å². The highest BCUT2D eigenvalue weighted by molar-refractivity contribution is 6.08. The first-order chi connectivity index (χ1) is 18.1. The number of carbonyl (C=O) groups is 3. The predicted octanol–water partition coefficient (Wildman–Crippen LogP) is 2.85. The Bertz CT molecular complexity index is 1150. The maximum absolute atomic E-state index is 13.9. The minimum absolute atomic E-state index is 0.119. The van der Waals surface area contributed by atoms with Gasteiger partial charge < -0.3 is 14.4 Å². The lowest BCUT2D eigenvalue weighted by Crippen LogP contribution is -2.56. The Balaban J connectivity index is 1.15. The van der Waals surface area contributed by atoms with Crippen molar-refractivity contribution in [3.63, 3.8) is 0 Å². The molecule has 0 radical (unpaired) electrons. The lowest BCUT2D eigenvalue weighted by Gasteiger charge is -2.38. The van der Waals surface area contributed by atoms with E-state index in [1.807, 2.05) is 53.4 Å². The van der Waals surface area contributed by atoms with E-state index >= 15 is 0 Å². The molecule has 37 heavy (non-hydrogen) atoms. The highest BCUT2D eigenvalue weighted by Gasteiger charge is 2.52. The van der Waals surface area contributed by atoms with E-state index in [0.29, 0.717) is 19.5 Å². The Morgan fingerprint density at radius 2 is 1.51 bits per heavy atom. The summed E-state index contributed by atoms with van der Waals surface area (Å²) in [6.07, 6.45) is 3.79. The van der Waals surface area contributed by atoms with Gasteiger partial charge in [-0.05, 0) is 36.1 Å². The Kier molecular flexibility index (Phi) is 6.59. The van der Waals surface area contributed by atoms with Crippen LogP contribution in [0, 0.1) is 11.8 Å². The third-order valence-corrected chi connectivity index (χ3v) is 8.27. The summed E-state index contributed by atoms with van der Waals surface area (Å²) in [6, 6.07) is 14.9. The molecule has 2 aromatic rings. The average molecular weight is 504 g/mol. The molecule has 2 aromatic carbocycles. The molecule has 3 unspecified atom stereocenters. The maximum Gasteiger partial charge on any atom is 0.246 e. The standard InChI is InChI=1S/C29H33N3O5/c33-27-22-8-4-5-9-23(22)28(34)32(27)24(16-20-6-2-1-3-7-20)29(35)31-14-12-30(13-15-31)18-21-10-11-25-26(17-21)37-19-36-25/h1-3,6-7,10-11,17,22-24H,4-5,8-9,12-16,18-19H2. The van der Waals surface area contributed by atoms with Gasteiger partial charge in [-0.1, -0.05) is 49.2 Å². The quantitative estimate of drug-likeness (QED) is 0.564. The largest absolute Gasteiger partial charge is 0.454 e. The van der Waals surface area contributed by atoms with Crippen molar-refractivity contribution in [2.45, 2.75) is 44.7 Å². The lowest BCUT2D eigenvalue weighted by molar-refractivity contribution is -0.152. The minimum atomic E-state index is -0.784. The van der Waals surface area contributed by atoms with E-state index in [1.54, 1.807) is 0 Å². The van der Waals surface area contributed by atoms with E-state index in [9.17, 15) is 14.4 Å². The molecule has 6 rings (SSSR count). The molecule has 0 bridgehead atoms. The van der Waals surface area contributed by atoms with Crippen LogP contribution < -0.4 is 9.47 Å². The highest BCUT2D eigenvalue weighted by atomic mass is 16.7. The van der Waals surface area contributed by atoms with Crippen LogP contribution in [0.2, 0.25) is 0 Å². The van der Waals surface area contributed by atoms with Gasteiger partial charge in [0.2, 0.25) is 24.5 Å². The van der Waals surface area contributed by atoms with E-state index in [1.165, 1.54) is 4.90 Å². The van der Waals surface area contributed by atoms with E-state index in [0.717, 1.165) is 67.9 Å². The van der Waals surface area contributed by atoms with Crippen LogP contribution in [-0.2, 0) is 27.3 Å². The molecule has 0 aromatic heterocycles. The zero-order valence-corrected chi connectivity index (χ0v) is 21.0. The lowest BCUT2D eigenvalue weighted by atomic mass is 9.81. The Morgan fingerprint density at radius 1 is 0.838 bits per heavy atom. The summed E-state index contributed by atoms with van der Waals surface area (Å²) < 4.78 is 10.9. The van der Waals surface area contributed by atoms with Gasteiger partial charge in [-0.25, -0.2) is 0 Å².